The molecule has 234 valence electrons. The van der Waals surface area contributed by atoms with Crippen molar-refractivity contribution in [3.8, 4) is 22.3 Å². The van der Waals surface area contributed by atoms with Gasteiger partial charge in [0.2, 0.25) is 0 Å². The highest BCUT2D eigenvalue weighted by molar-refractivity contribution is 6.17. The van der Waals surface area contributed by atoms with E-state index in [1.807, 2.05) is 12.1 Å². The van der Waals surface area contributed by atoms with E-state index in [9.17, 15) is 0 Å². The molecule has 0 amide bonds. The van der Waals surface area contributed by atoms with Crippen LogP contribution in [0, 0.1) is 0 Å². The Balaban J connectivity index is 1.19. The van der Waals surface area contributed by atoms with E-state index in [-0.39, 0.29) is 0 Å². The summed E-state index contributed by atoms with van der Waals surface area (Å²) >= 11 is 0. The van der Waals surface area contributed by atoms with Crippen LogP contribution in [-0.4, -0.2) is 0 Å². The topological polar surface area (TPSA) is 16.4 Å². The lowest BCUT2D eigenvalue weighted by Crippen LogP contribution is -2.10. The first-order chi connectivity index (χ1) is 24.8. The molecule has 50 heavy (non-hydrogen) atoms. The van der Waals surface area contributed by atoms with Crippen molar-refractivity contribution in [3.05, 3.63) is 188 Å². The molecule has 0 bridgehead atoms. The molecule has 0 unspecified atom stereocenters. The summed E-state index contributed by atoms with van der Waals surface area (Å²) in [6.07, 6.45) is 0. The second-order valence-electron chi connectivity index (χ2n) is 13.0. The van der Waals surface area contributed by atoms with Crippen LogP contribution >= 0.6 is 0 Å². The van der Waals surface area contributed by atoms with E-state index < -0.39 is 0 Å². The molecule has 9 aromatic carbocycles. The van der Waals surface area contributed by atoms with Gasteiger partial charge in [0.15, 0.2) is 0 Å². The molecule has 0 aliphatic carbocycles. The molecule has 0 atom stereocenters. The van der Waals surface area contributed by atoms with Gasteiger partial charge < -0.3 is 9.32 Å². The molecule has 0 fully saturated rings. The van der Waals surface area contributed by atoms with Crippen LogP contribution in [0.5, 0.6) is 0 Å². The van der Waals surface area contributed by atoms with Gasteiger partial charge in [0.05, 0.1) is 0 Å². The number of rotatable bonds is 5. The molecule has 0 spiro atoms. The zero-order valence-corrected chi connectivity index (χ0v) is 27.3. The normalized spacial score (nSPS) is 11.6. The molecular weight excluding hydrogens is 607 g/mol. The van der Waals surface area contributed by atoms with Crippen molar-refractivity contribution in [2.75, 3.05) is 4.90 Å². The lowest BCUT2D eigenvalue weighted by molar-refractivity contribution is 0.669. The van der Waals surface area contributed by atoms with Gasteiger partial charge in [-0.2, -0.15) is 0 Å². The molecule has 0 saturated heterocycles. The van der Waals surface area contributed by atoms with E-state index in [4.69, 9.17) is 4.42 Å². The summed E-state index contributed by atoms with van der Waals surface area (Å²) in [5.41, 5.74) is 9.93. The Morgan fingerprint density at radius 3 is 1.84 bits per heavy atom. The smallest absolute Gasteiger partial charge is 0.136 e. The van der Waals surface area contributed by atoms with Gasteiger partial charge in [0.1, 0.15) is 11.2 Å². The Morgan fingerprint density at radius 1 is 0.300 bits per heavy atom. The number of anilines is 3. The van der Waals surface area contributed by atoms with Gasteiger partial charge >= 0.3 is 0 Å². The van der Waals surface area contributed by atoms with Gasteiger partial charge in [-0.1, -0.05) is 127 Å². The largest absolute Gasteiger partial charge is 0.456 e. The summed E-state index contributed by atoms with van der Waals surface area (Å²) in [5, 5.41) is 9.57. The highest BCUT2D eigenvalue weighted by Gasteiger charge is 2.18. The molecule has 2 nitrogen and oxygen atoms in total. The summed E-state index contributed by atoms with van der Waals surface area (Å²) in [6.45, 7) is 0. The Kier molecular flexibility index (Phi) is 6.53. The lowest BCUT2D eigenvalue weighted by Gasteiger charge is -2.27. The van der Waals surface area contributed by atoms with Crippen LogP contribution in [0.15, 0.2) is 192 Å². The Bertz CT molecular complexity index is 2870. The number of para-hydroxylation sites is 2. The first-order valence-corrected chi connectivity index (χ1v) is 17.1. The second kappa shape index (κ2) is 11.5. The summed E-state index contributed by atoms with van der Waals surface area (Å²) in [7, 11) is 0. The third-order valence-electron chi connectivity index (χ3n) is 10.00. The summed E-state index contributed by atoms with van der Waals surface area (Å²) in [4.78, 5) is 2.38. The van der Waals surface area contributed by atoms with Crippen LogP contribution in [0.4, 0.5) is 17.1 Å². The molecule has 0 saturated carbocycles. The van der Waals surface area contributed by atoms with Crippen molar-refractivity contribution in [2.24, 2.45) is 0 Å². The molecule has 10 aromatic rings. The minimum Gasteiger partial charge on any atom is -0.456 e. The standard InChI is InChI=1S/C48H31NO/c1-3-12-33(13-4-1)43-29-40(25-26-41(43)36-21-19-32-11-7-8-14-35(32)27-36)49(38-15-5-2-6-16-38)39-24-23-34-20-22-37-28-48-46(31-45(37)44(34)30-39)42-17-9-10-18-47(42)50-48/h1-31H. The monoisotopic (exact) mass is 637 g/mol. The van der Waals surface area contributed by atoms with Crippen molar-refractivity contribution in [3.63, 3.8) is 0 Å². The van der Waals surface area contributed by atoms with Crippen LogP contribution in [0.3, 0.4) is 0 Å². The summed E-state index contributed by atoms with van der Waals surface area (Å²) in [6, 6.07) is 67.7. The minimum absolute atomic E-state index is 0.916. The van der Waals surface area contributed by atoms with Crippen molar-refractivity contribution in [2.45, 2.75) is 0 Å². The van der Waals surface area contributed by atoms with E-state index in [0.29, 0.717) is 0 Å². The maximum Gasteiger partial charge on any atom is 0.136 e. The number of hydrogen-bond donors (Lipinski definition) is 0. The summed E-state index contributed by atoms with van der Waals surface area (Å²) < 4.78 is 6.25. The van der Waals surface area contributed by atoms with E-state index in [1.54, 1.807) is 0 Å². The van der Waals surface area contributed by atoms with Gasteiger partial charge in [-0.05, 0) is 115 Å². The van der Waals surface area contributed by atoms with E-state index in [2.05, 4.69) is 181 Å². The van der Waals surface area contributed by atoms with E-state index in [0.717, 1.165) is 39.0 Å². The fraction of sp³-hybridized carbons (Fsp3) is 0. The maximum absolute atomic E-state index is 6.25. The van der Waals surface area contributed by atoms with Crippen LogP contribution in [0.25, 0.3) is 76.5 Å². The second-order valence-corrected chi connectivity index (χ2v) is 13.0. The maximum atomic E-state index is 6.25. The van der Waals surface area contributed by atoms with Crippen molar-refractivity contribution < 1.29 is 4.42 Å². The van der Waals surface area contributed by atoms with Crippen molar-refractivity contribution in [1.29, 1.82) is 0 Å². The van der Waals surface area contributed by atoms with Crippen LogP contribution in [0.2, 0.25) is 0 Å². The van der Waals surface area contributed by atoms with E-state index >= 15 is 0 Å². The minimum atomic E-state index is 0.916. The highest BCUT2D eigenvalue weighted by Crippen LogP contribution is 2.43. The number of benzene rings is 9. The molecule has 0 N–H and O–H groups in total. The Hall–Kier alpha value is -6.64. The Labute approximate surface area is 290 Å². The number of nitrogens with zero attached hydrogens (tertiary/aromatic N) is 1. The zero-order chi connectivity index (χ0) is 33.0. The highest BCUT2D eigenvalue weighted by atomic mass is 16.3. The van der Waals surface area contributed by atoms with Crippen LogP contribution in [0.1, 0.15) is 0 Å². The van der Waals surface area contributed by atoms with Gasteiger partial charge in [-0.3, -0.25) is 0 Å². The fourth-order valence-electron chi connectivity index (χ4n) is 7.56. The average Bonchev–Trinajstić information content (AvgIpc) is 3.55. The van der Waals surface area contributed by atoms with Gasteiger partial charge in [0, 0.05) is 27.8 Å². The third kappa shape index (κ3) is 4.73. The fourth-order valence-corrected chi connectivity index (χ4v) is 7.56. The van der Waals surface area contributed by atoms with Crippen LogP contribution in [-0.2, 0) is 0 Å². The molecule has 10 rings (SSSR count). The first kappa shape index (κ1) is 28.4. The predicted octanol–water partition coefficient (Wildman–Crippen LogP) is 13.8. The molecule has 0 aliphatic heterocycles. The van der Waals surface area contributed by atoms with Gasteiger partial charge in [0.25, 0.3) is 0 Å². The molecule has 1 aromatic heterocycles. The average molecular weight is 638 g/mol. The van der Waals surface area contributed by atoms with Gasteiger partial charge in [-0.15, -0.1) is 0 Å². The zero-order valence-electron chi connectivity index (χ0n) is 27.3. The molecule has 0 radical (unpaired) electrons. The lowest BCUT2D eigenvalue weighted by atomic mass is 9.92. The van der Waals surface area contributed by atoms with Crippen molar-refractivity contribution >= 4 is 71.3 Å². The van der Waals surface area contributed by atoms with Crippen molar-refractivity contribution in [1.82, 2.24) is 0 Å². The Morgan fingerprint density at radius 2 is 0.960 bits per heavy atom. The molecular formula is C48H31NO. The quantitative estimate of drug-likeness (QED) is 0.175. The van der Waals surface area contributed by atoms with Gasteiger partial charge in [-0.25, -0.2) is 0 Å². The van der Waals surface area contributed by atoms with Crippen LogP contribution < -0.4 is 4.90 Å². The third-order valence-corrected chi connectivity index (χ3v) is 10.00. The summed E-state index contributed by atoms with van der Waals surface area (Å²) in [5.74, 6) is 0. The predicted molar refractivity (Wildman–Crippen MR) is 212 cm³/mol. The number of fused-ring (bicyclic) bond motifs is 7. The van der Waals surface area contributed by atoms with E-state index in [1.165, 1.54) is 54.6 Å². The number of furan rings is 1. The number of hydrogen-bond acceptors (Lipinski definition) is 2. The molecule has 0 aliphatic rings. The SMILES string of the molecule is c1ccc(-c2cc(N(c3ccccc3)c3ccc4ccc5cc6oc7ccccc7c6cc5c4c3)ccc2-c2ccc3ccccc3c2)cc1. The molecule has 2 heteroatoms. The first-order valence-electron chi connectivity index (χ1n) is 17.1. The molecule has 1 heterocycles.